The second-order valence-corrected chi connectivity index (χ2v) is 7.80. The Morgan fingerprint density at radius 1 is 1.17 bits per heavy atom. The third-order valence-electron chi connectivity index (χ3n) is 4.64. The van der Waals surface area contributed by atoms with E-state index < -0.39 is 0 Å². The molecule has 30 heavy (non-hydrogen) atoms. The number of furan rings is 1. The lowest BCUT2D eigenvalue weighted by Crippen LogP contribution is -2.22. The van der Waals surface area contributed by atoms with Gasteiger partial charge in [-0.05, 0) is 30.3 Å². The molecule has 0 N–H and O–H groups in total. The van der Waals surface area contributed by atoms with E-state index in [1.54, 1.807) is 56.8 Å². The standard InChI is InChI=1S/C21H14ClN3O4S/c1-27-16-10-13(22)17(28-2)9-12(16)15-6-5-11(29-15)8-18-20(26)25-19-14(4-3-7-23-19)24-21(25)30-18/h3-10H,1-2H3/b18-8-. The fourth-order valence-electron chi connectivity index (χ4n) is 3.24. The third-order valence-corrected chi connectivity index (χ3v) is 5.90. The van der Waals surface area contributed by atoms with Crippen molar-refractivity contribution in [3.05, 3.63) is 68.3 Å². The number of rotatable bonds is 4. The van der Waals surface area contributed by atoms with Gasteiger partial charge < -0.3 is 13.9 Å². The maximum atomic E-state index is 12.9. The maximum absolute atomic E-state index is 12.9. The molecular formula is C21H14ClN3O4S. The van der Waals surface area contributed by atoms with Crippen LogP contribution in [0.15, 0.2) is 51.8 Å². The molecule has 0 radical (unpaired) electrons. The van der Waals surface area contributed by atoms with E-state index in [0.717, 1.165) is 0 Å². The van der Waals surface area contributed by atoms with Crippen LogP contribution in [-0.2, 0) is 0 Å². The molecule has 5 aromatic rings. The Morgan fingerprint density at radius 3 is 2.80 bits per heavy atom. The quantitative estimate of drug-likeness (QED) is 0.424. The number of pyridine rings is 1. The Labute approximate surface area is 178 Å². The van der Waals surface area contributed by atoms with Crippen LogP contribution in [0.2, 0.25) is 5.02 Å². The molecule has 0 unspecified atom stereocenters. The molecule has 5 rings (SSSR count). The van der Waals surface area contributed by atoms with Gasteiger partial charge in [-0.25, -0.2) is 14.4 Å². The SMILES string of the molecule is COc1cc(-c2ccc(/C=c3\sc4nc5cccnc5n4c3=O)o2)c(OC)cc1Cl. The first kappa shape index (κ1) is 18.7. The lowest BCUT2D eigenvalue weighted by atomic mass is 10.1. The zero-order chi connectivity index (χ0) is 20.8. The number of aromatic nitrogens is 3. The van der Waals surface area contributed by atoms with E-state index in [1.165, 1.54) is 15.7 Å². The summed E-state index contributed by atoms with van der Waals surface area (Å²) in [7, 11) is 3.10. The van der Waals surface area contributed by atoms with Crippen molar-refractivity contribution in [2.45, 2.75) is 0 Å². The molecule has 4 heterocycles. The molecule has 0 fully saturated rings. The van der Waals surface area contributed by atoms with Crippen LogP contribution in [0.4, 0.5) is 0 Å². The fourth-order valence-corrected chi connectivity index (χ4v) is 4.43. The van der Waals surface area contributed by atoms with Crippen molar-refractivity contribution in [3.63, 3.8) is 0 Å². The van der Waals surface area contributed by atoms with Crippen LogP contribution in [0.5, 0.6) is 11.5 Å². The highest BCUT2D eigenvalue weighted by atomic mass is 35.5. The Balaban J connectivity index is 1.61. The third kappa shape index (κ3) is 2.92. The number of imidazole rings is 1. The molecular weight excluding hydrogens is 426 g/mol. The molecule has 150 valence electrons. The normalized spacial score (nSPS) is 12.2. The predicted molar refractivity (Wildman–Crippen MR) is 116 cm³/mol. The van der Waals surface area contributed by atoms with Crippen molar-refractivity contribution in [1.29, 1.82) is 0 Å². The van der Waals surface area contributed by atoms with Gasteiger partial charge in [0.1, 0.15) is 33.1 Å². The predicted octanol–water partition coefficient (Wildman–Crippen LogP) is 3.78. The van der Waals surface area contributed by atoms with Crippen molar-refractivity contribution in [1.82, 2.24) is 14.4 Å². The molecule has 0 atom stereocenters. The lowest BCUT2D eigenvalue weighted by molar-refractivity contribution is 0.403. The molecule has 4 aromatic heterocycles. The van der Waals surface area contributed by atoms with Gasteiger partial charge in [-0.3, -0.25) is 4.79 Å². The molecule has 0 spiro atoms. The van der Waals surface area contributed by atoms with Gasteiger partial charge in [0, 0.05) is 18.3 Å². The average molecular weight is 440 g/mol. The van der Waals surface area contributed by atoms with Crippen LogP contribution < -0.4 is 19.6 Å². The molecule has 0 saturated carbocycles. The van der Waals surface area contributed by atoms with Gasteiger partial charge in [-0.2, -0.15) is 0 Å². The van der Waals surface area contributed by atoms with Crippen LogP contribution in [-0.4, -0.2) is 28.6 Å². The van der Waals surface area contributed by atoms with Crippen molar-refractivity contribution in [3.8, 4) is 22.8 Å². The van der Waals surface area contributed by atoms with Gasteiger partial charge in [-0.1, -0.05) is 22.9 Å². The Bertz CT molecular complexity index is 1520. The topological polar surface area (TPSA) is 78.9 Å². The van der Waals surface area contributed by atoms with E-state index >= 15 is 0 Å². The van der Waals surface area contributed by atoms with Gasteiger partial charge in [0.2, 0.25) is 0 Å². The number of thiazole rings is 1. The first-order valence-corrected chi connectivity index (χ1v) is 10.1. The molecule has 0 amide bonds. The zero-order valence-electron chi connectivity index (χ0n) is 15.9. The zero-order valence-corrected chi connectivity index (χ0v) is 17.5. The number of fused-ring (bicyclic) bond motifs is 3. The average Bonchev–Trinajstić information content (AvgIpc) is 3.43. The van der Waals surface area contributed by atoms with Crippen LogP contribution in [0.25, 0.3) is 33.5 Å². The minimum Gasteiger partial charge on any atom is -0.496 e. The van der Waals surface area contributed by atoms with Gasteiger partial charge in [-0.15, -0.1) is 0 Å². The van der Waals surface area contributed by atoms with Gasteiger partial charge in [0.05, 0.1) is 24.8 Å². The number of ether oxygens (including phenoxy) is 2. The van der Waals surface area contributed by atoms with Gasteiger partial charge in [0.15, 0.2) is 10.6 Å². The highest BCUT2D eigenvalue weighted by molar-refractivity contribution is 7.15. The van der Waals surface area contributed by atoms with Gasteiger partial charge >= 0.3 is 0 Å². The van der Waals surface area contributed by atoms with E-state index in [0.29, 0.717) is 54.3 Å². The van der Waals surface area contributed by atoms with Gasteiger partial charge in [0.25, 0.3) is 5.56 Å². The Hall–Kier alpha value is -3.36. The summed E-state index contributed by atoms with van der Waals surface area (Å²) in [6.45, 7) is 0. The smallest absolute Gasteiger partial charge is 0.276 e. The first-order valence-electron chi connectivity index (χ1n) is 8.88. The summed E-state index contributed by atoms with van der Waals surface area (Å²) < 4.78 is 18.7. The Morgan fingerprint density at radius 2 is 2.00 bits per heavy atom. The Kier molecular flexibility index (Phi) is 4.45. The number of benzene rings is 1. The monoisotopic (exact) mass is 439 g/mol. The minimum absolute atomic E-state index is 0.181. The van der Waals surface area contributed by atoms with E-state index in [9.17, 15) is 4.79 Å². The van der Waals surface area contributed by atoms with Crippen molar-refractivity contribution in [2.75, 3.05) is 14.2 Å². The molecule has 9 heteroatoms. The second-order valence-electron chi connectivity index (χ2n) is 6.38. The lowest BCUT2D eigenvalue weighted by Gasteiger charge is -2.10. The number of hydrogen-bond donors (Lipinski definition) is 0. The summed E-state index contributed by atoms with van der Waals surface area (Å²) in [6.07, 6.45) is 3.34. The minimum atomic E-state index is -0.181. The number of hydrogen-bond acceptors (Lipinski definition) is 7. The van der Waals surface area contributed by atoms with E-state index in [2.05, 4.69) is 9.97 Å². The molecule has 0 aliphatic heterocycles. The van der Waals surface area contributed by atoms with E-state index in [-0.39, 0.29) is 5.56 Å². The fraction of sp³-hybridized carbons (Fsp3) is 0.0952. The second kappa shape index (κ2) is 7.16. The summed E-state index contributed by atoms with van der Waals surface area (Å²) in [6, 6.07) is 10.6. The molecule has 0 aliphatic rings. The first-order chi connectivity index (χ1) is 14.6. The number of methoxy groups -OCH3 is 2. The molecule has 0 bridgehead atoms. The molecule has 7 nitrogen and oxygen atoms in total. The number of nitrogens with zero attached hydrogens (tertiary/aromatic N) is 3. The molecule has 1 aromatic carbocycles. The summed E-state index contributed by atoms with van der Waals surface area (Å²) in [4.78, 5) is 22.2. The van der Waals surface area contributed by atoms with Crippen LogP contribution in [0.1, 0.15) is 5.76 Å². The van der Waals surface area contributed by atoms with Crippen LogP contribution in [0.3, 0.4) is 0 Å². The van der Waals surface area contributed by atoms with Crippen LogP contribution >= 0.6 is 22.9 Å². The van der Waals surface area contributed by atoms with E-state index in [4.69, 9.17) is 25.5 Å². The van der Waals surface area contributed by atoms with Crippen molar-refractivity contribution < 1.29 is 13.9 Å². The summed E-state index contributed by atoms with van der Waals surface area (Å²) in [5.74, 6) is 2.15. The number of halogens is 1. The van der Waals surface area contributed by atoms with Crippen molar-refractivity contribution in [2.24, 2.45) is 0 Å². The highest BCUT2D eigenvalue weighted by Crippen LogP contribution is 2.39. The van der Waals surface area contributed by atoms with Crippen LogP contribution in [0, 0.1) is 0 Å². The summed E-state index contributed by atoms with van der Waals surface area (Å²) >= 11 is 7.47. The highest BCUT2D eigenvalue weighted by Gasteiger charge is 2.16. The largest absolute Gasteiger partial charge is 0.496 e. The molecule has 0 saturated heterocycles. The maximum Gasteiger partial charge on any atom is 0.276 e. The summed E-state index contributed by atoms with van der Waals surface area (Å²) in [5, 5.41) is 0.440. The van der Waals surface area contributed by atoms with E-state index in [1.807, 2.05) is 6.07 Å². The molecule has 0 aliphatic carbocycles. The van der Waals surface area contributed by atoms with Crippen molar-refractivity contribution >= 4 is 45.1 Å². The summed E-state index contributed by atoms with van der Waals surface area (Å²) in [5.41, 5.74) is 1.75.